The summed E-state index contributed by atoms with van der Waals surface area (Å²) in [6.07, 6.45) is 0. The number of rotatable bonds is 7. The predicted molar refractivity (Wildman–Crippen MR) is 78.7 cm³/mol. The second kappa shape index (κ2) is 6.54. The second-order valence-corrected chi connectivity index (χ2v) is 6.22. The Kier molecular flexibility index (Phi) is 4.71. The van der Waals surface area contributed by atoms with E-state index < -0.39 is 21.8 Å². The van der Waals surface area contributed by atoms with Crippen molar-refractivity contribution < 1.29 is 18.0 Å². The van der Waals surface area contributed by atoms with Gasteiger partial charge in [0.25, 0.3) is 11.8 Å². The first kappa shape index (κ1) is 16.6. The molecular formula is C12H14N6O4S. The predicted octanol–water partition coefficient (Wildman–Crippen LogP) is -1.55. The molecule has 0 unspecified atom stereocenters. The molecule has 0 aliphatic carbocycles. The van der Waals surface area contributed by atoms with E-state index in [-0.39, 0.29) is 29.4 Å². The number of benzene rings is 1. The number of carbonyl (C=O) groups excluding carboxylic acids is 2. The van der Waals surface area contributed by atoms with Crippen LogP contribution in [0.2, 0.25) is 0 Å². The molecule has 0 aliphatic heterocycles. The monoisotopic (exact) mass is 338 g/mol. The molecule has 0 saturated carbocycles. The van der Waals surface area contributed by atoms with Crippen molar-refractivity contribution in [2.75, 3.05) is 6.54 Å². The molecule has 1 heterocycles. The fourth-order valence-electron chi connectivity index (χ4n) is 1.85. The molecule has 122 valence electrons. The minimum atomic E-state index is -3.69. The first-order valence-electron chi connectivity index (χ1n) is 6.40. The summed E-state index contributed by atoms with van der Waals surface area (Å²) < 4.78 is 27.4. The van der Waals surface area contributed by atoms with Crippen molar-refractivity contribution in [2.45, 2.75) is 11.4 Å². The Bertz CT molecular complexity index is 830. The van der Waals surface area contributed by atoms with Crippen LogP contribution in [0, 0.1) is 0 Å². The van der Waals surface area contributed by atoms with Gasteiger partial charge in [-0.05, 0) is 12.1 Å². The molecule has 2 rings (SSSR count). The van der Waals surface area contributed by atoms with Crippen LogP contribution in [0.1, 0.15) is 21.0 Å². The molecule has 0 spiro atoms. The third-order valence-corrected chi connectivity index (χ3v) is 4.35. The number of carbonyl (C=O) groups is 2. The average molecular weight is 338 g/mol. The first-order chi connectivity index (χ1) is 10.8. The number of aromatic nitrogens is 3. The molecular weight excluding hydrogens is 324 g/mol. The summed E-state index contributed by atoms with van der Waals surface area (Å²) in [4.78, 5) is 22.6. The number of hydrogen-bond donors (Lipinski definition) is 3. The number of nitrogens with two attached hydrogens (primary N) is 2. The van der Waals surface area contributed by atoms with Crippen molar-refractivity contribution in [3.8, 4) is 0 Å². The fourth-order valence-corrected chi connectivity index (χ4v) is 2.89. The topological polar surface area (TPSA) is 163 Å². The number of primary amides is 2. The van der Waals surface area contributed by atoms with Gasteiger partial charge in [0.15, 0.2) is 11.4 Å². The summed E-state index contributed by atoms with van der Waals surface area (Å²) in [5.41, 5.74) is 9.60. The lowest BCUT2D eigenvalue weighted by Crippen LogP contribution is -2.30. The molecule has 1 aromatic carbocycles. The molecule has 0 aliphatic rings. The quantitative estimate of drug-likeness (QED) is 0.553. The molecule has 0 atom stereocenters. The highest BCUT2D eigenvalue weighted by atomic mass is 32.2. The van der Waals surface area contributed by atoms with Gasteiger partial charge in [-0.2, -0.15) is 0 Å². The van der Waals surface area contributed by atoms with Crippen molar-refractivity contribution >= 4 is 21.8 Å². The van der Waals surface area contributed by atoms with Gasteiger partial charge in [-0.25, -0.2) is 17.8 Å². The highest BCUT2D eigenvalue weighted by Gasteiger charge is 2.22. The minimum Gasteiger partial charge on any atom is -0.364 e. The molecule has 0 bridgehead atoms. The van der Waals surface area contributed by atoms with E-state index in [1.54, 1.807) is 18.2 Å². The SMILES string of the molecule is NC(=O)c1nnn(CCNS(=O)(=O)c2ccccc2)c1C(N)=O. The molecule has 2 amide bonds. The molecule has 0 fully saturated rings. The van der Waals surface area contributed by atoms with Crippen molar-refractivity contribution in [2.24, 2.45) is 11.5 Å². The van der Waals surface area contributed by atoms with Gasteiger partial charge in [-0.1, -0.05) is 23.4 Å². The Labute approximate surface area is 131 Å². The molecule has 11 heteroatoms. The Morgan fingerprint density at radius 1 is 1.13 bits per heavy atom. The van der Waals surface area contributed by atoms with Crippen LogP contribution < -0.4 is 16.2 Å². The lowest BCUT2D eigenvalue weighted by Gasteiger charge is -2.07. The van der Waals surface area contributed by atoms with Gasteiger partial charge >= 0.3 is 0 Å². The van der Waals surface area contributed by atoms with E-state index in [0.717, 1.165) is 4.68 Å². The molecule has 5 N–H and O–H groups in total. The maximum Gasteiger partial charge on any atom is 0.271 e. The summed E-state index contributed by atoms with van der Waals surface area (Å²) in [7, 11) is -3.69. The van der Waals surface area contributed by atoms with Gasteiger partial charge in [0.1, 0.15) is 0 Å². The third-order valence-electron chi connectivity index (χ3n) is 2.87. The van der Waals surface area contributed by atoms with Crippen molar-refractivity contribution in [3.05, 3.63) is 41.7 Å². The normalized spacial score (nSPS) is 11.3. The molecule has 2 aromatic rings. The van der Waals surface area contributed by atoms with Crippen LogP contribution in [0.25, 0.3) is 0 Å². The van der Waals surface area contributed by atoms with Gasteiger partial charge in [0, 0.05) is 6.54 Å². The lowest BCUT2D eigenvalue weighted by atomic mass is 10.3. The van der Waals surface area contributed by atoms with Gasteiger partial charge in [-0.3, -0.25) is 9.59 Å². The Balaban J connectivity index is 2.11. The molecule has 1 aromatic heterocycles. The zero-order valence-electron chi connectivity index (χ0n) is 11.8. The van der Waals surface area contributed by atoms with Crippen molar-refractivity contribution in [1.29, 1.82) is 0 Å². The highest BCUT2D eigenvalue weighted by Crippen LogP contribution is 2.07. The molecule has 0 radical (unpaired) electrons. The van der Waals surface area contributed by atoms with Crippen LogP contribution in [0.15, 0.2) is 35.2 Å². The summed E-state index contributed by atoms with van der Waals surface area (Å²) >= 11 is 0. The number of amides is 2. The van der Waals surface area contributed by atoms with Crippen LogP contribution in [0.4, 0.5) is 0 Å². The zero-order valence-corrected chi connectivity index (χ0v) is 12.7. The van der Waals surface area contributed by atoms with Gasteiger partial charge in [-0.15, -0.1) is 5.10 Å². The summed E-state index contributed by atoms with van der Waals surface area (Å²) in [6, 6.07) is 7.77. The highest BCUT2D eigenvalue weighted by molar-refractivity contribution is 7.89. The Morgan fingerprint density at radius 3 is 2.35 bits per heavy atom. The smallest absolute Gasteiger partial charge is 0.271 e. The van der Waals surface area contributed by atoms with E-state index >= 15 is 0 Å². The van der Waals surface area contributed by atoms with E-state index in [1.165, 1.54) is 12.1 Å². The largest absolute Gasteiger partial charge is 0.364 e. The first-order valence-corrected chi connectivity index (χ1v) is 7.89. The maximum atomic E-state index is 12.0. The second-order valence-electron chi connectivity index (χ2n) is 4.45. The lowest BCUT2D eigenvalue weighted by molar-refractivity contribution is 0.0959. The van der Waals surface area contributed by atoms with Gasteiger partial charge < -0.3 is 11.5 Å². The number of hydrogen-bond acceptors (Lipinski definition) is 6. The van der Waals surface area contributed by atoms with E-state index in [1.807, 2.05) is 0 Å². The van der Waals surface area contributed by atoms with E-state index in [9.17, 15) is 18.0 Å². The minimum absolute atomic E-state index is 0.0510. The van der Waals surface area contributed by atoms with Gasteiger partial charge in [0.2, 0.25) is 10.0 Å². The molecule has 23 heavy (non-hydrogen) atoms. The van der Waals surface area contributed by atoms with Crippen LogP contribution >= 0.6 is 0 Å². The van der Waals surface area contributed by atoms with Crippen LogP contribution in [0.3, 0.4) is 0 Å². The van der Waals surface area contributed by atoms with Crippen LogP contribution in [-0.2, 0) is 16.6 Å². The standard InChI is InChI=1S/C12H14N6O4S/c13-11(19)9-10(12(14)20)18(17-16-9)7-6-15-23(21,22)8-4-2-1-3-5-8/h1-5,15H,6-7H2,(H2,13,19)(H2,14,20). The fraction of sp³-hybridized carbons (Fsp3) is 0.167. The molecule has 0 saturated heterocycles. The Hall–Kier alpha value is -2.79. The maximum absolute atomic E-state index is 12.0. The van der Waals surface area contributed by atoms with Crippen LogP contribution in [0.5, 0.6) is 0 Å². The Morgan fingerprint density at radius 2 is 1.78 bits per heavy atom. The van der Waals surface area contributed by atoms with E-state index in [4.69, 9.17) is 11.5 Å². The third kappa shape index (κ3) is 3.70. The molecule has 10 nitrogen and oxygen atoms in total. The number of nitrogens with one attached hydrogen (secondary N) is 1. The average Bonchev–Trinajstić information content (AvgIpc) is 2.92. The number of nitrogens with zero attached hydrogens (tertiary/aromatic N) is 3. The van der Waals surface area contributed by atoms with E-state index in [0.29, 0.717) is 0 Å². The van der Waals surface area contributed by atoms with Crippen LogP contribution in [-0.4, -0.2) is 41.8 Å². The number of sulfonamides is 1. The summed E-state index contributed by atoms with van der Waals surface area (Å²) in [5.74, 6) is -1.88. The van der Waals surface area contributed by atoms with Crippen molar-refractivity contribution in [1.82, 2.24) is 19.7 Å². The van der Waals surface area contributed by atoms with Crippen molar-refractivity contribution in [3.63, 3.8) is 0 Å². The summed E-state index contributed by atoms with van der Waals surface area (Å²) in [5, 5.41) is 7.05. The van der Waals surface area contributed by atoms with E-state index in [2.05, 4.69) is 15.0 Å². The summed E-state index contributed by atoms with van der Waals surface area (Å²) in [6.45, 7) is -0.135. The van der Waals surface area contributed by atoms with Gasteiger partial charge in [0.05, 0.1) is 11.4 Å². The zero-order chi connectivity index (χ0) is 17.0.